The highest BCUT2D eigenvalue weighted by Gasteiger charge is 2.48. The summed E-state index contributed by atoms with van der Waals surface area (Å²) in [4.78, 5) is 4.36. The standard InChI is InChI=1S/C23H23F3N6O2/c1-14-11-18(29-31(14)12-15-5-10-19(27-4)32(33)13-15)21-28-20(30-34-21)16-6-8-17(9-7-16)22(2,3)23(24,25)26/h5-11,13,33H,12H2,1-4H3/p+1. The van der Waals surface area contributed by atoms with Crippen molar-refractivity contribution >= 4 is 5.82 Å². The topological polar surface area (TPSA) is 92.9 Å². The molecule has 0 aliphatic rings. The fourth-order valence-corrected chi connectivity index (χ4v) is 3.42. The van der Waals surface area contributed by atoms with Crippen LogP contribution in [-0.2, 0) is 12.0 Å². The van der Waals surface area contributed by atoms with Crippen LogP contribution in [0.5, 0.6) is 0 Å². The van der Waals surface area contributed by atoms with E-state index in [1.807, 2.05) is 13.0 Å². The molecule has 0 spiro atoms. The number of halogens is 3. The molecule has 0 aliphatic carbocycles. The van der Waals surface area contributed by atoms with E-state index in [1.54, 1.807) is 42.2 Å². The van der Waals surface area contributed by atoms with Crippen LogP contribution in [0.1, 0.15) is 30.7 Å². The highest BCUT2D eigenvalue weighted by Crippen LogP contribution is 2.40. The van der Waals surface area contributed by atoms with Crippen molar-refractivity contribution in [2.75, 3.05) is 12.4 Å². The minimum Gasteiger partial charge on any atom is -0.350 e. The largest absolute Gasteiger partial charge is 0.397 e. The molecule has 0 unspecified atom stereocenters. The first kappa shape index (κ1) is 23.3. The van der Waals surface area contributed by atoms with Gasteiger partial charge in [-0.1, -0.05) is 34.2 Å². The van der Waals surface area contributed by atoms with E-state index in [1.165, 1.54) is 12.1 Å². The summed E-state index contributed by atoms with van der Waals surface area (Å²) < 4.78 is 48.0. The minimum atomic E-state index is -4.36. The molecule has 8 nitrogen and oxygen atoms in total. The lowest BCUT2D eigenvalue weighted by molar-refractivity contribution is -0.893. The summed E-state index contributed by atoms with van der Waals surface area (Å²) >= 11 is 0. The Bertz CT molecular complexity index is 1310. The zero-order chi connectivity index (χ0) is 24.7. The Morgan fingerprint density at radius 1 is 1.12 bits per heavy atom. The molecule has 3 heterocycles. The van der Waals surface area contributed by atoms with Crippen molar-refractivity contribution in [3.63, 3.8) is 0 Å². The molecule has 0 atom stereocenters. The van der Waals surface area contributed by atoms with Crippen LogP contribution in [0, 0.1) is 6.92 Å². The summed E-state index contributed by atoms with van der Waals surface area (Å²) in [6.07, 6.45) is -2.78. The number of hydrogen-bond acceptors (Lipinski definition) is 6. The Kier molecular flexibility index (Phi) is 5.80. The Morgan fingerprint density at radius 2 is 1.82 bits per heavy atom. The summed E-state index contributed by atoms with van der Waals surface area (Å²) in [5.41, 5.74) is 0.845. The van der Waals surface area contributed by atoms with Gasteiger partial charge in [0.15, 0.2) is 5.69 Å². The van der Waals surface area contributed by atoms with Crippen LogP contribution in [0.3, 0.4) is 0 Å². The van der Waals surface area contributed by atoms with Gasteiger partial charge in [-0.25, -0.2) is 0 Å². The maximum absolute atomic E-state index is 13.3. The van der Waals surface area contributed by atoms with E-state index in [0.717, 1.165) is 29.8 Å². The summed E-state index contributed by atoms with van der Waals surface area (Å²) in [6, 6.07) is 11.3. The Balaban J connectivity index is 1.54. The lowest BCUT2D eigenvalue weighted by Crippen LogP contribution is -2.36. The normalized spacial score (nSPS) is 12.2. The molecule has 4 aromatic rings. The van der Waals surface area contributed by atoms with Gasteiger partial charge in [-0.3, -0.25) is 10.00 Å². The molecule has 0 aliphatic heterocycles. The first-order valence-electron chi connectivity index (χ1n) is 10.5. The lowest BCUT2D eigenvalue weighted by atomic mass is 9.83. The van der Waals surface area contributed by atoms with Crippen molar-refractivity contribution in [1.82, 2.24) is 19.9 Å². The molecule has 0 radical (unpaired) electrons. The van der Waals surface area contributed by atoms with E-state index in [0.29, 0.717) is 23.6 Å². The van der Waals surface area contributed by atoms with Gasteiger partial charge < -0.3 is 9.73 Å². The number of anilines is 1. The number of pyridine rings is 1. The van der Waals surface area contributed by atoms with Crippen molar-refractivity contribution < 1.29 is 27.6 Å². The number of benzene rings is 1. The van der Waals surface area contributed by atoms with E-state index in [-0.39, 0.29) is 17.3 Å². The van der Waals surface area contributed by atoms with Crippen LogP contribution < -0.4 is 10.0 Å². The Hall–Kier alpha value is -3.89. The average molecular weight is 473 g/mol. The average Bonchev–Trinajstić information content (AvgIpc) is 3.41. The molecule has 3 aromatic heterocycles. The van der Waals surface area contributed by atoms with Crippen molar-refractivity contribution in [1.29, 1.82) is 0 Å². The molecule has 4 rings (SSSR count). The Morgan fingerprint density at radius 3 is 2.44 bits per heavy atom. The van der Waals surface area contributed by atoms with Gasteiger partial charge in [-0.15, -0.1) is 0 Å². The number of aromatic nitrogens is 5. The van der Waals surface area contributed by atoms with E-state index in [2.05, 4.69) is 20.6 Å². The third-order valence-corrected chi connectivity index (χ3v) is 5.78. The number of rotatable bonds is 6. The number of nitrogens with one attached hydrogen (secondary N) is 1. The van der Waals surface area contributed by atoms with Crippen molar-refractivity contribution in [3.05, 3.63) is 65.5 Å². The van der Waals surface area contributed by atoms with E-state index < -0.39 is 11.6 Å². The predicted octanol–water partition coefficient (Wildman–Crippen LogP) is 4.36. The molecule has 178 valence electrons. The molecule has 0 fully saturated rings. The molecule has 0 saturated heterocycles. The maximum Gasteiger partial charge on any atom is 0.397 e. The second-order valence-corrected chi connectivity index (χ2v) is 8.47. The highest BCUT2D eigenvalue weighted by molar-refractivity contribution is 5.58. The summed E-state index contributed by atoms with van der Waals surface area (Å²) in [6.45, 7) is 4.57. The third kappa shape index (κ3) is 4.33. The second-order valence-electron chi connectivity index (χ2n) is 8.47. The molecule has 0 amide bonds. The molecule has 34 heavy (non-hydrogen) atoms. The van der Waals surface area contributed by atoms with Crippen molar-refractivity contribution in [2.45, 2.75) is 38.9 Å². The van der Waals surface area contributed by atoms with Crippen LogP contribution in [0.4, 0.5) is 19.0 Å². The number of hydrogen-bond donors (Lipinski definition) is 2. The second kappa shape index (κ2) is 8.47. The summed E-state index contributed by atoms with van der Waals surface area (Å²) in [5.74, 6) is 0.997. The van der Waals surface area contributed by atoms with Gasteiger partial charge in [0.05, 0.1) is 19.0 Å². The van der Waals surface area contributed by atoms with E-state index in [4.69, 9.17) is 4.52 Å². The molecule has 0 bridgehead atoms. The van der Waals surface area contributed by atoms with Crippen LogP contribution in [0.2, 0.25) is 0 Å². The van der Waals surface area contributed by atoms with Crippen LogP contribution in [-0.4, -0.2) is 38.4 Å². The predicted molar refractivity (Wildman–Crippen MR) is 117 cm³/mol. The van der Waals surface area contributed by atoms with Crippen molar-refractivity contribution in [3.8, 4) is 23.0 Å². The van der Waals surface area contributed by atoms with Gasteiger partial charge in [0.1, 0.15) is 6.20 Å². The first-order chi connectivity index (χ1) is 16.0. The van der Waals surface area contributed by atoms with Crippen LogP contribution >= 0.6 is 0 Å². The van der Waals surface area contributed by atoms with Gasteiger partial charge in [0, 0.05) is 22.9 Å². The molecular weight excluding hydrogens is 449 g/mol. The quantitative estimate of drug-likeness (QED) is 0.319. The van der Waals surface area contributed by atoms with E-state index >= 15 is 0 Å². The molecule has 0 saturated carbocycles. The molecule has 1 aromatic carbocycles. The fraction of sp³-hybridized carbons (Fsp3) is 0.304. The highest BCUT2D eigenvalue weighted by atomic mass is 19.4. The van der Waals surface area contributed by atoms with Crippen molar-refractivity contribution in [2.24, 2.45) is 0 Å². The van der Waals surface area contributed by atoms with Crippen LogP contribution in [0.15, 0.2) is 53.2 Å². The van der Waals surface area contributed by atoms with Crippen LogP contribution in [0.25, 0.3) is 23.0 Å². The minimum absolute atomic E-state index is 0.147. The SMILES string of the molecule is CNc1ccc(Cn2nc(-c3nc(-c4ccc(C(C)(C)C(F)(F)F)cc4)no3)cc2C)c[n+]1O. The number of aryl methyl sites for hydroxylation is 1. The molecular formula is C23H24F3N6O2+. The van der Waals surface area contributed by atoms with Gasteiger partial charge in [0.25, 0.3) is 5.89 Å². The Labute approximate surface area is 193 Å². The maximum atomic E-state index is 13.3. The first-order valence-corrected chi connectivity index (χ1v) is 10.5. The molecule has 11 heteroatoms. The number of nitrogens with zero attached hydrogens (tertiary/aromatic N) is 5. The summed E-state index contributed by atoms with van der Waals surface area (Å²) in [5, 5.41) is 21.3. The van der Waals surface area contributed by atoms with Gasteiger partial charge in [-0.05, 0) is 38.5 Å². The monoisotopic (exact) mass is 473 g/mol. The third-order valence-electron chi connectivity index (χ3n) is 5.78. The summed E-state index contributed by atoms with van der Waals surface area (Å²) in [7, 11) is 1.71. The van der Waals surface area contributed by atoms with E-state index in [9.17, 15) is 18.4 Å². The van der Waals surface area contributed by atoms with Gasteiger partial charge in [0.2, 0.25) is 5.82 Å². The number of alkyl halides is 3. The lowest BCUT2D eigenvalue weighted by Gasteiger charge is -2.28. The van der Waals surface area contributed by atoms with Gasteiger partial charge in [-0.2, -0.15) is 23.3 Å². The molecule has 2 N–H and O–H groups in total. The fourth-order valence-electron chi connectivity index (χ4n) is 3.42. The zero-order valence-electron chi connectivity index (χ0n) is 19.1. The zero-order valence-corrected chi connectivity index (χ0v) is 19.1. The van der Waals surface area contributed by atoms with Gasteiger partial charge >= 0.3 is 12.0 Å². The smallest absolute Gasteiger partial charge is 0.350 e.